The summed E-state index contributed by atoms with van der Waals surface area (Å²) in [6, 6.07) is 18.5. The van der Waals surface area contributed by atoms with Crippen molar-refractivity contribution in [3.8, 4) is 11.4 Å². The fraction of sp³-hybridized carbons (Fsp3) is 0.300. The van der Waals surface area contributed by atoms with Crippen molar-refractivity contribution < 1.29 is 19.2 Å². The second-order valence-corrected chi connectivity index (χ2v) is 9.63. The van der Waals surface area contributed by atoms with Crippen LogP contribution in [-0.4, -0.2) is 57.6 Å². The maximum atomic E-state index is 14.0. The van der Waals surface area contributed by atoms with Gasteiger partial charge in [0.05, 0.1) is 40.2 Å². The molecular formula is C30H34N6O6. The number of carbonyl (C=O) groups excluding carboxylic acids is 2. The molecule has 0 atom stereocenters. The van der Waals surface area contributed by atoms with Crippen LogP contribution >= 0.6 is 0 Å². The van der Waals surface area contributed by atoms with E-state index in [2.05, 4.69) is 18.7 Å². The molecule has 42 heavy (non-hydrogen) atoms. The van der Waals surface area contributed by atoms with Gasteiger partial charge in [0.1, 0.15) is 5.75 Å². The number of anilines is 1. The summed E-state index contributed by atoms with van der Waals surface area (Å²) in [5.74, 6) is -0.0576. The van der Waals surface area contributed by atoms with E-state index in [1.165, 1.54) is 28.3 Å². The lowest BCUT2D eigenvalue weighted by Gasteiger charge is -2.21. The number of para-hydroxylation sites is 1. The topological polar surface area (TPSA) is 146 Å². The summed E-state index contributed by atoms with van der Waals surface area (Å²) in [5, 5.41) is 12.1. The Morgan fingerprint density at radius 3 is 2.26 bits per heavy atom. The average molecular weight is 575 g/mol. The standard InChI is InChI=1S/C30H34N6O6/c1-4-33(5-2)21-12-14-22(15-13-21)35-26-17-16-25(36(40)41)24(20-27(37)32(3)29(31)38)28(26)34(30(35)39)18-9-19-42-23-10-7-6-8-11-23/h6-8,10-17H,4-5,9,18-20H2,1-3H3,(H2,31,38). The highest BCUT2D eigenvalue weighted by molar-refractivity contribution is 5.97. The first-order valence-corrected chi connectivity index (χ1v) is 13.7. The van der Waals surface area contributed by atoms with E-state index in [0.29, 0.717) is 28.3 Å². The van der Waals surface area contributed by atoms with Gasteiger partial charge in [-0.3, -0.25) is 28.9 Å². The molecule has 12 heteroatoms. The second kappa shape index (κ2) is 13.0. The minimum atomic E-state index is -0.990. The number of nitrogens with zero attached hydrogens (tertiary/aromatic N) is 5. The van der Waals surface area contributed by atoms with Crippen molar-refractivity contribution in [1.29, 1.82) is 0 Å². The van der Waals surface area contributed by atoms with Crippen LogP contribution in [0.15, 0.2) is 71.5 Å². The van der Waals surface area contributed by atoms with Gasteiger partial charge in [0, 0.05) is 38.4 Å². The van der Waals surface area contributed by atoms with Gasteiger partial charge in [0.25, 0.3) is 5.69 Å². The number of likely N-dealkylation sites (N-methyl/N-ethyl adjacent to an activating group) is 1. The number of aromatic nitrogens is 2. The fourth-order valence-electron chi connectivity index (χ4n) is 4.94. The molecule has 0 saturated carbocycles. The number of nitro groups is 1. The molecule has 0 spiro atoms. The molecule has 1 aromatic heterocycles. The van der Waals surface area contributed by atoms with Crippen LogP contribution in [0.5, 0.6) is 5.75 Å². The number of hydrogen-bond donors (Lipinski definition) is 1. The molecule has 4 aromatic rings. The summed E-state index contributed by atoms with van der Waals surface area (Å²) in [6.45, 7) is 6.21. The molecule has 4 rings (SSSR count). The Balaban J connectivity index is 1.84. The van der Waals surface area contributed by atoms with E-state index >= 15 is 0 Å². The smallest absolute Gasteiger partial charge is 0.333 e. The first-order chi connectivity index (χ1) is 20.2. The Morgan fingerprint density at radius 2 is 1.67 bits per heavy atom. The van der Waals surface area contributed by atoms with Crippen molar-refractivity contribution in [2.24, 2.45) is 5.73 Å². The van der Waals surface area contributed by atoms with Gasteiger partial charge in [-0.05, 0) is 62.7 Å². The number of imidazole rings is 1. The van der Waals surface area contributed by atoms with Crippen LogP contribution < -0.4 is 21.1 Å². The number of rotatable bonds is 12. The van der Waals surface area contributed by atoms with Gasteiger partial charge in [-0.25, -0.2) is 9.59 Å². The molecule has 3 aromatic carbocycles. The van der Waals surface area contributed by atoms with Crippen LogP contribution in [0.2, 0.25) is 0 Å². The van der Waals surface area contributed by atoms with Gasteiger partial charge < -0.3 is 15.4 Å². The van der Waals surface area contributed by atoms with E-state index in [-0.39, 0.29) is 29.9 Å². The molecule has 1 heterocycles. The van der Waals surface area contributed by atoms with Crippen LogP contribution in [0.4, 0.5) is 16.2 Å². The molecule has 0 aliphatic carbocycles. The lowest BCUT2D eigenvalue weighted by molar-refractivity contribution is -0.385. The summed E-state index contributed by atoms with van der Waals surface area (Å²) in [7, 11) is 1.20. The van der Waals surface area contributed by atoms with Gasteiger partial charge in [0.2, 0.25) is 5.91 Å². The Bertz CT molecular complexity index is 1640. The number of primary amides is 1. The third-order valence-electron chi connectivity index (χ3n) is 7.17. The van der Waals surface area contributed by atoms with Crippen molar-refractivity contribution >= 4 is 34.3 Å². The zero-order valence-corrected chi connectivity index (χ0v) is 23.9. The van der Waals surface area contributed by atoms with Gasteiger partial charge in [-0.2, -0.15) is 0 Å². The quantitative estimate of drug-likeness (QED) is 0.152. The predicted molar refractivity (Wildman–Crippen MR) is 160 cm³/mol. The summed E-state index contributed by atoms with van der Waals surface area (Å²) in [6.07, 6.45) is -0.0932. The average Bonchev–Trinajstić information content (AvgIpc) is 3.27. The van der Waals surface area contributed by atoms with Crippen molar-refractivity contribution in [3.05, 3.63) is 92.9 Å². The van der Waals surface area contributed by atoms with Crippen LogP contribution in [0, 0.1) is 10.1 Å². The molecule has 2 N–H and O–H groups in total. The molecule has 3 amide bonds. The maximum Gasteiger partial charge on any atom is 0.333 e. The van der Waals surface area contributed by atoms with Crippen molar-refractivity contribution in [1.82, 2.24) is 14.0 Å². The van der Waals surface area contributed by atoms with Crippen molar-refractivity contribution in [2.75, 3.05) is 31.6 Å². The largest absolute Gasteiger partial charge is 0.494 e. The molecule has 0 aliphatic heterocycles. The Hall–Kier alpha value is -5.13. The highest BCUT2D eigenvalue weighted by Gasteiger charge is 2.28. The second-order valence-electron chi connectivity index (χ2n) is 9.63. The van der Waals surface area contributed by atoms with Crippen molar-refractivity contribution in [2.45, 2.75) is 33.2 Å². The third kappa shape index (κ3) is 6.12. The number of nitro benzene ring substituents is 1. The number of aryl methyl sites for hydroxylation is 1. The molecular weight excluding hydrogens is 540 g/mol. The first-order valence-electron chi connectivity index (χ1n) is 13.7. The van der Waals surface area contributed by atoms with Gasteiger partial charge in [-0.1, -0.05) is 18.2 Å². The monoisotopic (exact) mass is 574 g/mol. The number of ether oxygens (including phenoxy) is 1. The van der Waals surface area contributed by atoms with Gasteiger partial charge >= 0.3 is 11.7 Å². The van der Waals surface area contributed by atoms with E-state index in [0.717, 1.165) is 18.8 Å². The highest BCUT2D eigenvalue weighted by atomic mass is 16.6. The van der Waals surface area contributed by atoms with Crippen LogP contribution in [0.3, 0.4) is 0 Å². The summed E-state index contributed by atoms with van der Waals surface area (Å²) in [4.78, 5) is 52.9. The normalized spacial score (nSPS) is 10.9. The Kier molecular flexibility index (Phi) is 9.25. The third-order valence-corrected chi connectivity index (χ3v) is 7.17. The van der Waals surface area contributed by atoms with E-state index in [1.54, 1.807) is 0 Å². The number of imide groups is 1. The predicted octanol–water partition coefficient (Wildman–Crippen LogP) is 4.10. The minimum absolute atomic E-state index is 0.0233. The van der Waals surface area contributed by atoms with Crippen molar-refractivity contribution in [3.63, 3.8) is 0 Å². The minimum Gasteiger partial charge on any atom is -0.494 e. The summed E-state index contributed by atoms with van der Waals surface area (Å²) in [5.41, 5.74) is 6.75. The maximum absolute atomic E-state index is 14.0. The molecule has 0 bridgehead atoms. The lowest BCUT2D eigenvalue weighted by Crippen LogP contribution is -2.38. The fourth-order valence-corrected chi connectivity index (χ4v) is 4.94. The van der Waals surface area contributed by atoms with Crippen LogP contribution in [-0.2, 0) is 17.8 Å². The molecule has 0 saturated heterocycles. The molecule has 0 aliphatic rings. The molecule has 0 fully saturated rings. The number of nitrogens with two attached hydrogens (primary N) is 1. The molecule has 220 valence electrons. The number of benzene rings is 3. The van der Waals surface area contributed by atoms with Gasteiger partial charge in [0.15, 0.2) is 0 Å². The lowest BCUT2D eigenvalue weighted by atomic mass is 10.1. The molecule has 0 radical (unpaired) electrons. The number of hydrogen-bond acceptors (Lipinski definition) is 7. The Labute approximate surface area is 242 Å². The zero-order chi connectivity index (χ0) is 30.4. The Morgan fingerprint density at radius 1 is 1.00 bits per heavy atom. The summed E-state index contributed by atoms with van der Waals surface area (Å²) >= 11 is 0. The van der Waals surface area contributed by atoms with Crippen LogP contribution in [0.25, 0.3) is 16.7 Å². The first kappa shape index (κ1) is 29.8. The van der Waals surface area contributed by atoms with E-state index < -0.39 is 29.0 Å². The van der Waals surface area contributed by atoms with Gasteiger partial charge in [-0.15, -0.1) is 0 Å². The van der Waals surface area contributed by atoms with E-state index in [9.17, 15) is 24.5 Å². The van der Waals surface area contributed by atoms with E-state index in [1.807, 2.05) is 54.6 Å². The van der Waals surface area contributed by atoms with Crippen LogP contribution in [0.1, 0.15) is 25.8 Å². The zero-order valence-electron chi connectivity index (χ0n) is 23.9. The molecule has 0 unspecified atom stereocenters. The number of carbonyl (C=O) groups is 2. The summed E-state index contributed by atoms with van der Waals surface area (Å²) < 4.78 is 8.71. The SMILES string of the molecule is CCN(CC)c1ccc(-n2c(=O)n(CCCOc3ccccc3)c3c(CC(=O)N(C)C(N)=O)c([N+](=O)[O-])ccc32)cc1. The molecule has 12 nitrogen and oxygen atoms in total. The number of fused-ring (bicyclic) bond motifs is 1. The number of amides is 3. The van der Waals surface area contributed by atoms with E-state index in [4.69, 9.17) is 10.5 Å². The highest BCUT2D eigenvalue weighted by Crippen LogP contribution is 2.31. The number of urea groups is 1.